The van der Waals surface area contributed by atoms with Gasteiger partial charge in [-0.2, -0.15) is 8.42 Å². The van der Waals surface area contributed by atoms with Gasteiger partial charge in [0.1, 0.15) is 0 Å². The van der Waals surface area contributed by atoms with Crippen LogP contribution in [0.5, 0.6) is 0 Å². The van der Waals surface area contributed by atoms with Gasteiger partial charge in [-0.15, -0.1) is 0 Å². The highest BCUT2D eigenvalue weighted by atomic mass is 32.2. The molecule has 0 aliphatic carbocycles. The lowest BCUT2D eigenvalue weighted by Gasteiger charge is -2.05. The van der Waals surface area contributed by atoms with E-state index in [0.29, 0.717) is 6.42 Å². The van der Waals surface area contributed by atoms with Gasteiger partial charge >= 0.3 is 0 Å². The monoisotopic (exact) mass is 296 g/mol. The summed E-state index contributed by atoms with van der Waals surface area (Å²) >= 11 is 0. The molecule has 0 heterocycles. The van der Waals surface area contributed by atoms with E-state index in [9.17, 15) is 8.42 Å². The Morgan fingerprint density at radius 1 is 1.05 bits per heavy atom. The summed E-state index contributed by atoms with van der Waals surface area (Å²) < 4.78 is 26.8. The molecular formula is C16H24O3S. The number of hydrogen-bond donors (Lipinski definition) is 0. The average Bonchev–Trinajstić information content (AvgIpc) is 2.45. The molecule has 0 saturated heterocycles. The molecule has 1 aromatic rings. The van der Waals surface area contributed by atoms with Crippen LogP contribution < -0.4 is 0 Å². The van der Waals surface area contributed by atoms with Crippen molar-refractivity contribution in [2.45, 2.75) is 45.4 Å². The summed E-state index contributed by atoms with van der Waals surface area (Å²) in [5.41, 5.74) is 2.58. The summed E-state index contributed by atoms with van der Waals surface area (Å²) in [4.78, 5) is 0. The topological polar surface area (TPSA) is 43.4 Å². The fraction of sp³-hybridized carbons (Fsp3) is 0.500. The van der Waals surface area contributed by atoms with Crippen molar-refractivity contribution < 1.29 is 12.6 Å². The number of unbranched alkanes of at least 4 members (excludes halogenated alkanes) is 2. The molecule has 0 amide bonds. The molecule has 0 fully saturated rings. The van der Waals surface area contributed by atoms with Gasteiger partial charge in [0.25, 0.3) is 10.1 Å². The summed E-state index contributed by atoms with van der Waals surface area (Å²) in [5.74, 6) is 0. The van der Waals surface area contributed by atoms with E-state index in [1.807, 2.05) is 0 Å². The van der Waals surface area contributed by atoms with Crippen LogP contribution in [0.4, 0.5) is 0 Å². The number of aryl methyl sites for hydroxylation is 2. The summed E-state index contributed by atoms with van der Waals surface area (Å²) in [7, 11) is -3.53. The molecule has 0 aromatic heterocycles. The quantitative estimate of drug-likeness (QED) is 0.486. The van der Waals surface area contributed by atoms with Crippen molar-refractivity contribution in [2.75, 3.05) is 6.61 Å². The first-order valence-electron chi connectivity index (χ1n) is 7.17. The first kappa shape index (κ1) is 16.9. The van der Waals surface area contributed by atoms with Crippen molar-refractivity contribution >= 4 is 10.1 Å². The lowest BCUT2D eigenvalue weighted by atomic mass is 10.0. The lowest BCUT2D eigenvalue weighted by Crippen LogP contribution is -2.04. The van der Waals surface area contributed by atoms with Crippen LogP contribution in [0.2, 0.25) is 0 Å². The standard InChI is InChI=1S/C16H24O3S/c1-3-5-6-8-15-10-12-16(13-11-15)9-7-14-19-20(17,18)4-2/h4,10-13H,2-3,5-9,14H2,1H3. The molecule has 0 aliphatic heterocycles. The molecule has 0 saturated carbocycles. The fourth-order valence-corrected chi connectivity index (χ4v) is 2.40. The van der Waals surface area contributed by atoms with Gasteiger partial charge in [-0.05, 0) is 36.8 Å². The Morgan fingerprint density at radius 3 is 2.10 bits per heavy atom. The molecular weight excluding hydrogens is 272 g/mol. The van der Waals surface area contributed by atoms with Gasteiger partial charge in [0, 0.05) is 0 Å². The second kappa shape index (κ2) is 8.93. The maximum Gasteiger partial charge on any atom is 0.289 e. The smallest absolute Gasteiger partial charge is 0.267 e. The Bertz CT molecular complexity index is 489. The van der Waals surface area contributed by atoms with E-state index >= 15 is 0 Å². The van der Waals surface area contributed by atoms with Crippen LogP contribution >= 0.6 is 0 Å². The Hall–Kier alpha value is -1.13. The van der Waals surface area contributed by atoms with Crippen molar-refractivity contribution in [1.29, 1.82) is 0 Å². The van der Waals surface area contributed by atoms with Gasteiger partial charge in [0.15, 0.2) is 0 Å². The average molecular weight is 296 g/mol. The second-order valence-corrected chi connectivity index (χ2v) is 6.41. The molecule has 1 aromatic carbocycles. The van der Waals surface area contributed by atoms with Gasteiger partial charge in [0.2, 0.25) is 0 Å². The number of hydrogen-bond acceptors (Lipinski definition) is 3. The maximum atomic E-state index is 11.0. The third kappa shape index (κ3) is 6.87. The first-order valence-corrected chi connectivity index (χ1v) is 8.64. The minimum atomic E-state index is -3.53. The zero-order valence-corrected chi connectivity index (χ0v) is 13.0. The third-order valence-corrected chi connectivity index (χ3v) is 4.06. The highest BCUT2D eigenvalue weighted by Crippen LogP contribution is 2.10. The summed E-state index contributed by atoms with van der Waals surface area (Å²) in [5, 5.41) is 0.831. The van der Waals surface area contributed by atoms with E-state index in [1.165, 1.54) is 30.4 Å². The van der Waals surface area contributed by atoms with Crippen LogP contribution in [0.3, 0.4) is 0 Å². The lowest BCUT2D eigenvalue weighted by molar-refractivity contribution is 0.318. The third-order valence-electron chi connectivity index (χ3n) is 3.15. The molecule has 0 radical (unpaired) electrons. The van der Waals surface area contributed by atoms with Crippen molar-refractivity contribution in [3.8, 4) is 0 Å². The molecule has 1 rings (SSSR count). The predicted molar refractivity (Wildman–Crippen MR) is 83.1 cm³/mol. The molecule has 4 heteroatoms. The molecule has 0 unspecified atom stereocenters. The minimum absolute atomic E-state index is 0.201. The summed E-state index contributed by atoms with van der Waals surface area (Å²) in [6, 6.07) is 8.55. The van der Waals surface area contributed by atoms with Crippen LogP contribution in [0.25, 0.3) is 0 Å². The van der Waals surface area contributed by atoms with Crippen LogP contribution in [0.1, 0.15) is 43.7 Å². The summed E-state index contributed by atoms with van der Waals surface area (Å²) in [6.07, 6.45) is 6.39. The Morgan fingerprint density at radius 2 is 1.60 bits per heavy atom. The van der Waals surface area contributed by atoms with Gasteiger partial charge in [-0.1, -0.05) is 50.6 Å². The van der Waals surface area contributed by atoms with E-state index in [0.717, 1.165) is 18.2 Å². The van der Waals surface area contributed by atoms with Gasteiger partial charge < -0.3 is 0 Å². The predicted octanol–water partition coefficient (Wildman–Crippen LogP) is 3.84. The van der Waals surface area contributed by atoms with Crippen molar-refractivity contribution in [1.82, 2.24) is 0 Å². The molecule has 20 heavy (non-hydrogen) atoms. The molecule has 0 spiro atoms. The van der Waals surface area contributed by atoms with Crippen LogP contribution in [-0.4, -0.2) is 15.0 Å². The largest absolute Gasteiger partial charge is 0.289 e. The molecule has 0 N–H and O–H groups in total. The summed E-state index contributed by atoms with van der Waals surface area (Å²) in [6.45, 7) is 5.60. The molecule has 0 atom stereocenters. The highest BCUT2D eigenvalue weighted by Gasteiger charge is 2.03. The number of rotatable bonds is 10. The van der Waals surface area contributed by atoms with Crippen molar-refractivity contribution in [2.24, 2.45) is 0 Å². The van der Waals surface area contributed by atoms with Gasteiger partial charge in [0.05, 0.1) is 12.0 Å². The fourth-order valence-electron chi connectivity index (χ4n) is 1.95. The zero-order chi connectivity index (χ0) is 14.8. The van der Waals surface area contributed by atoms with Crippen molar-refractivity contribution in [3.05, 3.63) is 47.4 Å². The second-order valence-electron chi connectivity index (χ2n) is 4.86. The van der Waals surface area contributed by atoms with Crippen LogP contribution in [0, 0.1) is 0 Å². The first-order chi connectivity index (χ1) is 9.57. The minimum Gasteiger partial charge on any atom is -0.267 e. The van der Waals surface area contributed by atoms with Crippen LogP contribution in [-0.2, 0) is 27.1 Å². The Labute approximate surface area is 122 Å². The van der Waals surface area contributed by atoms with Gasteiger partial charge in [-0.25, -0.2) is 0 Å². The van der Waals surface area contributed by atoms with E-state index in [1.54, 1.807) is 0 Å². The molecule has 0 aliphatic rings. The zero-order valence-electron chi connectivity index (χ0n) is 12.2. The van der Waals surface area contributed by atoms with Crippen LogP contribution in [0.15, 0.2) is 36.3 Å². The van der Waals surface area contributed by atoms with E-state index in [4.69, 9.17) is 4.18 Å². The van der Waals surface area contributed by atoms with Gasteiger partial charge in [-0.3, -0.25) is 4.18 Å². The highest BCUT2D eigenvalue weighted by molar-refractivity contribution is 7.89. The SMILES string of the molecule is C=CS(=O)(=O)OCCCc1ccc(CCCCC)cc1. The normalized spacial score (nSPS) is 11.4. The Kier molecular flexibility index (Phi) is 7.55. The Balaban J connectivity index is 2.29. The van der Waals surface area contributed by atoms with E-state index in [-0.39, 0.29) is 6.61 Å². The van der Waals surface area contributed by atoms with Crippen molar-refractivity contribution in [3.63, 3.8) is 0 Å². The molecule has 0 bridgehead atoms. The van der Waals surface area contributed by atoms with E-state index in [2.05, 4.69) is 37.8 Å². The van der Waals surface area contributed by atoms with E-state index < -0.39 is 10.1 Å². The molecule has 3 nitrogen and oxygen atoms in total. The molecule has 112 valence electrons. The number of benzene rings is 1. The maximum absolute atomic E-state index is 11.0.